The van der Waals surface area contributed by atoms with Gasteiger partial charge in [-0.25, -0.2) is 4.79 Å². The van der Waals surface area contributed by atoms with Gasteiger partial charge in [-0.3, -0.25) is 4.79 Å². The number of esters is 2. The van der Waals surface area contributed by atoms with Gasteiger partial charge in [0.1, 0.15) is 30.3 Å². The number of hydrogen-bond acceptors (Lipinski definition) is 9. The molecule has 9 nitrogen and oxygen atoms in total. The van der Waals surface area contributed by atoms with Crippen molar-refractivity contribution in [1.82, 2.24) is 0 Å². The summed E-state index contributed by atoms with van der Waals surface area (Å²) in [5.41, 5.74) is 1.16. The molecule has 10 atom stereocenters. The van der Waals surface area contributed by atoms with E-state index in [0.717, 1.165) is 25.7 Å². The highest BCUT2D eigenvalue weighted by molar-refractivity contribution is 6.74. The molecular formula is C43H66O9Si. The fraction of sp³-hybridized carbons (Fsp3) is 0.721. The molecule has 0 aromatic carbocycles. The van der Waals surface area contributed by atoms with Crippen molar-refractivity contribution in [2.24, 2.45) is 17.8 Å². The number of fused-ring (bicyclic) bond motifs is 2. The Morgan fingerprint density at radius 1 is 1.17 bits per heavy atom. The van der Waals surface area contributed by atoms with E-state index in [9.17, 15) is 14.7 Å². The molecule has 2 bridgehead atoms. The first-order valence-corrected chi connectivity index (χ1v) is 22.8. The highest BCUT2D eigenvalue weighted by Crippen LogP contribution is 2.50. The lowest BCUT2D eigenvalue weighted by molar-refractivity contribution is -0.335. The van der Waals surface area contributed by atoms with Crippen LogP contribution < -0.4 is 0 Å². The lowest BCUT2D eigenvalue weighted by Crippen LogP contribution is -2.61. The van der Waals surface area contributed by atoms with Crippen LogP contribution in [-0.2, 0) is 37.7 Å². The molecular weight excluding hydrogens is 689 g/mol. The van der Waals surface area contributed by atoms with Gasteiger partial charge in [-0.2, -0.15) is 0 Å². The van der Waals surface area contributed by atoms with Crippen molar-refractivity contribution in [3.8, 4) is 0 Å². The zero-order valence-corrected chi connectivity index (χ0v) is 35.2. The summed E-state index contributed by atoms with van der Waals surface area (Å²) in [4.78, 5) is 27.6. The van der Waals surface area contributed by atoms with Gasteiger partial charge in [0.2, 0.25) is 0 Å². The van der Waals surface area contributed by atoms with Crippen molar-refractivity contribution in [2.45, 2.75) is 167 Å². The molecule has 5 aliphatic rings. The molecule has 0 saturated carbocycles. The number of carbonyl (C=O) groups excluding carboxylic acids is 2. The van der Waals surface area contributed by atoms with Crippen LogP contribution in [0.15, 0.2) is 58.7 Å². The van der Waals surface area contributed by atoms with Gasteiger partial charge in [0.25, 0.3) is 0 Å². The van der Waals surface area contributed by atoms with Crippen LogP contribution in [0.1, 0.15) is 107 Å². The second kappa shape index (κ2) is 16.4. The van der Waals surface area contributed by atoms with Crippen molar-refractivity contribution in [3.05, 3.63) is 58.7 Å². The summed E-state index contributed by atoms with van der Waals surface area (Å²) in [6, 6.07) is 0. The topological polar surface area (TPSA) is 110 Å². The van der Waals surface area contributed by atoms with Crippen molar-refractivity contribution in [3.63, 3.8) is 0 Å². The first-order chi connectivity index (χ1) is 24.8. The lowest BCUT2D eigenvalue weighted by Gasteiger charge is -2.50. The number of carbonyl (C=O) groups is 2. The van der Waals surface area contributed by atoms with Crippen LogP contribution in [0.5, 0.6) is 0 Å². The molecule has 1 aliphatic carbocycles. The van der Waals surface area contributed by atoms with Gasteiger partial charge >= 0.3 is 11.9 Å². The second-order valence-electron chi connectivity index (χ2n) is 17.9. The number of ether oxygens (including phenoxy) is 5. The van der Waals surface area contributed by atoms with Crippen molar-refractivity contribution in [2.75, 3.05) is 13.2 Å². The van der Waals surface area contributed by atoms with E-state index in [1.54, 1.807) is 26.0 Å². The zero-order valence-electron chi connectivity index (χ0n) is 34.2. The molecule has 53 heavy (non-hydrogen) atoms. The summed E-state index contributed by atoms with van der Waals surface area (Å²) in [5, 5.41) is 12.9. The second-order valence-corrected chi connectivity index (χ2v) is 22.7. The van der Waals surface area contributed by atoms with E-state index >= 15 is 0 Å². The first-order valence-electron chi connectivity index (χ1n) is 19.9. The van der Waals surface area contributed by atoms with Crippen LogP contribution >= 0.6 is 0 Å². The Bertz CT molecular complexity index is 1520. The predicted molar refractivity (Wildman–Crippen MR) is 208 cm³/mol. The monoisotopic (exact) mass is 754 g/mol. The van der Waals surface area contributed by atoms with Crippen LogP contribution in [0.3, 0.4) is 0 Å². The summed E-state index contributed by atoms with van der Waals surface area (Å²) >= 11 is 0. The summed E-state index contributed by atoms with van der Waals surface area (Å²) in [5.74, 6) is -2.34. The number of rotatable bonds is 6. The van der Waals surface area contributed by atoms with E-state index in [1.165, 1.54) is 5.57 Å². The molecule has 0 aromatic heterocycles. The highest BCUT2D eigenvalue weighted by Gasteiger charge is 2.62. The fourth-order valence-electron chi connectivity index (χ4n) is 8.26. The minimum absolute atomic E-state index is 0.0574. The Morgan fingerprint density at radius 3 is 2.58 bits per heavy atom. The smallest absolute Gasteiger partial charge is 0.333 e. The summed E-state index contributed by atoms with van der Waals surface area (Å²) in [6.07, 6.45) is 14.4. The van der Waals surface area contributed by atoms with Gasteiger partial charge in [0.05, 0.1) is 24.9 Å². The molecule has 3 fully saturated rings. The largest absolute Gasteiger partial charge is 0.462 e. The van der Waals surface area contributed by atoms with Gasteiger partial charge in [-0.15, -0.1) is 0 Å². The lowest BCUT2D eigenvalue weighted by atomic mass is 9.70. The zero-order chi connectivity index (χ0) is 38.9. The minimum atomic E-state index is -2.48. The van der Waals surface area contributed by atoms with Gasteiger partial charge in [-0.1, -0.05) is 83.6 Å². The van der Waals surface area contributed by atoms with Crippen molar-refractivity contribution < 1.29 is 42.8 Å². The van der Waals surface area contributed by atoms with Crippen LogP contribution in [0, 0.1) is 17.8 Å². The SMILES string of the molecule is C/C=C(\C)C(=O)OCC1=C[C@H]2C(=O)O[C@H]3C[C@@H](C/C=C(\C)C[C@@H](C)/C=C/C=C4\CO[C@H]([C@@H]1O[Si](C)(C)C(C)(C)C)[C@@]42O)O[C@@]1(CC[C@H](C)[C@@H](CC)O1)C3. The molecule has 0 radical (unpaired) electrons. The van der Waals surface area contributed by atoms with E-state index in [0.29, 0.717) is 41.9 Å². The third-order valence-electron chi connectivity index (χ3n) is 12.7. The van der Waals surface area contributed by atoms with Crippen LogP contribution in [0.4, 0.5) is 0 Å². The molecule has 10 heteroatoms. The van der Waals surface area contributed by atoms with Crippen molar-refractivity contribution >= 4 is 20.3 Å². The Labute approximate surface area is 319 Å². The molecule has 5 rings (SSSR count). The van der Waals surface area contributed by atoms with Crippen LogP contribution in [0.25, 0.3) is 0 Å². The summed E-state index contributed by atoms with van der Waals surface area (Å²) < 4.78 is 39.4. The normalized spacial score (nSPS) is 39.9. The maximum atomic E-state index is 14.7. The predicted octanol–water partition coefficient (Wildman–Crippen LogP) is 8.44. The number of allylic oxidation sites excluding steroid dienone is 5. The molecule has 3 saturated heterocycles. The fourth-order valence-corrected chi connectivity index (χ4v) is 9.52. The van der Waals surface area contributed by atoms with E-state index in [4.69, 9.17) is 28.1 Å². The summed E-state index contributed by atoms with van der Waals surface area (Å²) in [6.45, 7) is 22.9. The minimum Gasteiger partial charge on any atom is -0.462 e. The Balaban J connectivity index is 1.60. The van der Waals surface area contributed by atoms with Crippen molar-refractivity contribution in [1.29, 1.82) is 0 Å². The van der Waals surface area contributed by atoms with E-state index in [1.807, 2.05) is 12.2 Å². The Morgan fingerprint density at radius 2 is 1.91 bits per heavy atom. The molecule has 0 aromatic rings. The first kappa shape index (κ1) is 41.8. The van der Waals surface area contributed by atoms with Crippen LogP contribution in [0.2, 0.25) is 18.1 Å². The number of aliphatic hydroxyl groups is 1. The van der Waals surface area contributed by atoms with Crippen LogP contribution in [-0.4, -0.2) is 80.5 Å². The number of hydrogen-bond donors (Lipinski definition) is 1. The molecule has 0 unspecified atom stereocenters. The molecule has 1 N–H and O–H groups in total. The van der Waals surface area contributed by atoms with E-state index in [-0.39, 0.29) is 36.4 Å². The average Bonchev–Trinajstić information content (AvgIpc) is 3.42. The maximum absolute atomic E-state index is 14.7. The van der Waals surface area contributed by atoms with Gasteiger partial charge in [0.15, 0.2) is 14.1 Å². The molecule has 4 aliphatic heterocycles. The maximum Gasteiger partial charge on any atom is 0.333 e. The van der Waals surface area contributed by atoms with Gasteiger partial charge in [0, 0.05) is 24.8 Å². The third kappa shape index (κ3) is 9.05. The Kier molecular flexibility index (Phi) is 12.9. The van der Waals surface area contributed by atoms with Gasteiger partial charge < -0.3 is 33.2 Å². The average molecular weight is 755 g/mol. The molecule has 0 amide bonds. The quantitative estimate of drug-likeness (QED) is 0.124. The molecule has 4 heterocycles. The summed E-state index contributed by atoms with van der Waals surface area (Å²) in [7, 11) is -2.48. The van der Waals surface area contributed by atoms with Gasteiger partial charge in [-0.05, 0) is 87.6 Å². The third-order valence-corrected chi connectivity index (χ3v) is 17.1. The standard InChI is InChI=1S/C43H66O9Si/c1-12-29(5)39(44)48-25-31-22-35-40(45)49-34-23-33(50-42(24-34)20-19-30(6)36(13-2)51-42)18-17-28(4)21-27(3)15-14-16-32-26-47-38(43(32,35)46)37(31)52-53(10,11)41(7,8)9/h12,14-17,22,27,30,33-38,46H,13,18-21,23-26H2,1-11H3/b15-14+,28-17+,29-12+,32-16+/t27-,30-,33+,34-,35-,36+,37+,38+,42+,43+/m0/s1. The Hall–Kier alpha value is -2.34. The molecule has 1 spiro atoms. The van der Waals surface area contributed by atoms with E-state index in [2.05, 4.69) is 73.7 Å². The highest BCUT2D eigenvalue weighted by atomic mass is 28.4. The molecule has 296 valence electrons. The van der Waals surface area contributed by atoms with E-state index < -0.39 is 55.9 Å².